The highest BCUT2D eigenvalue weighted by molar-refractivity contribution is 5.92. The lowest BCUT2D eigenvalue weighted by Gasteiger charge is -2.32. The first-order valence-corrected chi connectivity index (χ1v) is 10.2. The Morgan fingerprint density at radius 1 is 1.07 bits per heavy atom. The average Bonchev–Trinajstić information content (AvgIpc) is 3.20. The van der Waals surface area contributed by atoms with E-state index in [1.165, 1.54) is 5.56 Å². The average molecular weight is 390 g/mol. The van der Waals surface area contributed by atoms with Crippen molar-refractivity contribution in [2.45, 2.75) is 19.4 Å². The van der Waals surface area contributed by atoms with Crippen LogP contribution < -0.4 is 5.32 Å². The Morgan fingerprint density at radius 2 is 1.86 bits per heavy atom. The summed E-state index contributed by atoms with van der Waals surface area (Å²) in [4.78, 5) is 19.1. The van der Waals surface area contributed by atoms with Crippen LogP contribution in [0.1, 0.15) is 28.9 Å². The van der Waals surface area contributed by atoms with Gasteiger partial charge in [-0.25, -0.2) is 0 Å². The van der Waals surface area contributed by atoms with E-state index in [4.69, 9.17) is 0 Å². The van der Waals surface area contributed by atoms with E-state index in [0.29, 0.717) is 11.6 Å². The van der Waals surface area contributed by atoms with E-state index >= 15 is 0 Å². The third-order valence-corrected chi connectivity index (χ3v) is 5.63. The molecule has 0 radical (unpaired) electrons. The lowest BCUT2D eigenvalue weighted by molar-refractivity contribution is 0.0926. The molecule has 0 unspecified atom stereocenters. The second-order valence-electron chi connectivity index (χ2n) is 7.68. The standard InChI is InChI=1S/C23H27N5O/c1-27-22(9-13-26-27)23(29)25-16-18-10-14-28(15-11-18)17-19-5-7-20(8-6-19)21-4-2-3-12-24-21/h2-9,12-13,18H,10-11,14-17H2,1H3,(H,25,29). The van der Waals surface area contributed by atoms with Gasteiger partial charge in [0.2, 0.25) is 0 Å². The fourth-order valence-electron chi connectivity index (χ4n) is 3.85. The van der Waals surface area contributed by atoms with Gasteiger partial charge in [0.1, 0.15) is 5.69 Å². The van der Waals surface area contributed by atoms with Crippen molar-refractivity contribution in [2.24, 2.45) is 13.0 Å². The lowest BCUT2D eigenvalue weighted by Crippen LogP contribution is -2.38. The minimum Gasteiger partial charge on any atom is -0.350 e. The molecule has 1 amide bonds. The number of likely N-dealkylation sites (tertiary alicyclic amines) is 1. The highest BCUT2D eigenvalue weighted by Gasteiger charge is 2.20. The first kappa shape index (κ1) is 19.3. The molecule has 150 valence electrons. The summed E-state index contributed by atoms with van der Waals surface area (Å²) >= 11 is 0. The van der Waals surface area contributed by atoms with Gasteiger partial charge in [0.15, 0.2) is 0 Å². The van der Waals surface area contributed by atoms with Crippen LogP contribution in [0.3, 0.4) is 0 Å². The number of hydrogen-bond acceptors (Lipinski definition) is 4. The van der Waals surface area contributed by atoms with Crippen LogP contribution in [0.15, 0.2) is 60.9 Å². The molecule has 6 nitrogen and oxygen atoms in total. The minimum atomic E-state index is -0.0413. The molecule has 29 heavy (non-hydrogen) atoms. The van der Waals surface area contributed by atoms with Crippen molar-refractivity contribution < 1.29 is 4.79 Å². The van der Waals surface area contributed by atoms with Crippen molar-refractivity contribution in [3.05, 3.63) is 72.2 Å². The summed E-state index contributed by atoms with van der Waals surface area (Å²) in [6.07, 6.45) is 5.69. The Balaban J connectivity index is 1.23. The Labute approximate surface area is 171 Å². The van der Waals surface area contributed by atoms with Crippen LogP contribution >= 0.6 is 0 Å². The molecular formula is C23H27N5O. The molecular weight excluding hydrogens is 362 g/mol. The summed E-state index contributed by atoms with van der Waals surface area (Å²) in [5.74, 6) is 0.496. The van der Waals surface area contributed by atoms with Crippen LogP contribution in [-0.2, 0) is 13.6 Å². The number of carbonyl (C=O) groups is 1. The van der Waals surface area contributed by atoms with E-state index in [9.17, 15) is 4.79 Å². The molecule has 0 bridgehead atoms. The van der Waals surface area contributed by atoms with Gasteiger partial charge in [-0.3, -0.25) is 19.4 Å². The molecule has 1 aromatic carbocycles. The van der Waals surface area contributed by atoms with Gasteiger partial charge in [0.25, 0.3) is 5.91 Å². The number of nitrogens with zero attached hydrogens (tertiary/aromatic N) is 4. The normalized spacial score (nSPS) is 15.3. The van der Waals surface area contributed by atoms with Gasteiger partial charge in [-0.2, -0.15) is 5.10 Å². The van der Waals surface area contributed by atoms with Crippen LogP contribution in [0, 0.1) is 5.92 Å². The number of hydrogen-bond donors (Lipinski definition) is 1. The van der Waals surface area contributed by atoms with Gasteiger partial charge >= 0.3 is 0 Å². The molecule has 0 atom stereocenters. The third-order valence-electron chi connectivity index (χ3n) is 5.63. The zero-order chi connectivity index (χ0) is 20.1. The zero-order valence-corrected chi connectivity index (χ0v) is 16.8. The number of piperidine rings is 1. The highest BCUT2D eigenvalue weighted by Crippen LogP contribution is 2.21. The number of rotatable bonds is 6. The zero-order valence-electron chi connectivity index (χ0n) is 16.8. The van der Waals surface area contributed by atoms with Crippen molar-refractivity contribution in [3.8, 4) is 11.3 Å². The lowest BCUT2D eigenvalue weighted by atomic mass is 9.96. The van der Waals surface area contributed by atoms with Gasteiger partial charge in [0, 0.05) is 38.1 Å². The first-order valence-electron chi connectivity index (χ1n) is 10.2. The van der Waals surface area contributed by atoms with Crippen molar-refractivity contribution in [1.82, 2.24) is 25.0 Å². The quantitative estimate of drug-likeness (QED) is 0.704. The third kappa shape index (κ3) is 4.90. The predicted molar refractivity (Wildman–Crippen MR) is 113 cm³/mol. The van der Waals surface area contributed by atoms with Crippen LogP contribution in [0.5, 0.6) is 0 Å². The molecule has 0 spiro atoms. The molecule has 6 heteroatoms. The maximum atomic E-state index is 12.2. The van der Waals surface area contributed by atoms with E-state index in [1.54, 1.807) is 24.0 Å². The van der Waals surface area contributed by atoms with Gasteiger partial charge in [-0.15, -0.1) is 0 Å². The molecule has 2 aromatic heterocycles. The van der Waals surface area contributed by atoms with Crippen LogP contribution in [0.4, 0.5) is 0 Å². The molecule has 3 aromatic rings. The second-order valence-corrected chi connectivity index (χ2v) is 7.68. The van der Waals surface area contributed by atoms with Crippen molar-refractivity contribution in [3.63, 3.8) is 0 Å². The van der Waals surface area contributed by atoms with Crippen molar-refractivity contribution in [1.29, 1.82) is 0 Å². The summed E-state index contributed by atoms with van der Waals surface area (Å²) in [6.45, 7) is 3.83. The predicted octanol–water partition coefficient (Wildman–Crippen LogP) is 3.12. The number of benzene rings is 1. The molecule has 1 N–H and O–H groups in total. The highest BCUT2D eigenvalue weighted by atomic mass is 16.2. The number of aromatic nitrogens is 3. The van der Waals surface area contributed by atoms with E-state index in [1.807, 2.05) is 24.4 Å². The maximum absolute atomic E-state index is 12.2. The molecule has 3 heterocycles. The first-order chi connectivity index (χ1) is 14.2. The number of pyridine rings is 1. The summed E-state index contributed by atoms with van der Waals surface area (Å²) in [6, 6.07) is 16.4. The summed E-state index contributed by atoms with van der Waals surface area (Å²) < 4.78 is 1.61. The monoisotopic (exact) mass is 389 g/mol. The SMILES string of the molecule is Cn1nccc1C(=O)NCC1CCN(Cc2ccc(-c3ccccn3)cc2)CC1. The van der Waals surface area contributed by atoms with Gasteiger partial charge in [0.05, 0.1) is 5.69 Å². The number of carbonyl (C=O) groups excluding carboxylic acids is 1. The van der Waals surface area contributed by atoms with Crippen LogP contribution in [-0.4, -0.2) is 45.2 Å². The summed E-state index contributed by atoms with van der Waals surface area (Å²) in [7, 11) is 1.79. The van der Waals surface area contributed by atoms with E-state index < -0.39 is 0 Å². The second kappa shape index (κ2) is 9.01. The fourth-order valence-corrected chi connectivity index (χ4v) is 3.85. The Hall–Kier alpha value is -2.99. The Morgan fingerprint density at radius 3 is 2.52 bits per heavy atom. The van der Waals surface area contributed by atoms with Crippen molar-refractivity contribution >= 4 is 5.91 Å². The van der Waals surface area contributed by atoms with Crippen LogP contribution in [0.25, 0.3) is 11.3 Å². The van der Waals surface area contributed by atoms with Gasteiger partial charge < -0.3 is 5.32 Å². The maximum Gasteiger partial charge on any atom is 0.269 e. The molecule has 0 saturated carbocycles. The summed E-state index contributed by atoms with van der Waals surface area (Å²) in [5.41, 5.74) is 4.09. The van der Waals surface area contributed by atoms with Gasteiger partial charge in [-0.05, 0) is 55.6 Å². The van der Waals surface area contributed by atoms with E-state index in [-0.39, 0.29) is 5.91 Å². The molecule has 1 aliphatic rings. The molecule has 1 aliphatic heterocycles. The number of aryl methyl sites for hydroxylation is 1. The number of amides is 1. The topological polar surface area (TPSA) is 63.1 Å². The van der Waals surface area contributed by atoms with Crippen LogP contribution in [0.2, 0.25) is 0 Å². The Bertz CT molecular complexity index is 927. The molecule has 0 aliphatic carbocycles. The number of nitrogens with one attached hydrogen (secondary N) is 1. The van der Waals surface area contributed by atoms with Gasteiger partial charge in [-0.1, -0.05) is 30.3 Å². The molecule has 4 rings (SSSR count). The smallest absolute Gasteiger partial charge is 0.269 e. The Kier molecular flexibility index (Phi) is 6.00. The van der Waals surface area contributed by atoms with E-state index in [0.717, 1.165) is 50.3 Å². The summed E-state index contributed by atoms with van der Waals surface area (Å²) in [5, 5.41) is 7.11. The molecule has 1 fully saturated rings. The van der Waals surface area contributed by atoms with Crippen molar-refractivity contribution in [2.75, 3.05) is 19.6 Å². The van der Waals surface area contributed by atoms with E-state index in [2.05, 4.69) is 44.6 Å². The fraction of sp³-hybridized carbons (Fsp3) is 0.348. The largest absolute Gasteiger partial charge is 0.350 e. The molecule has 1 saturated heterocycles. The minimum absolute atomic E-state index is 0.0413.